The van der Waals surface area contributed by atoms with Gasteiger partial charge < -0.3 is 15.7 Å². The maximum Gasteiger partial charge on any atom is 0.222 e. The molecule has 1 heterocycles. The van der Waals surface area contributed by atoms with Gasteiger partial charge in [-0.1, -0.05) is 18.2 Å². The Morgan fingerprint density at radius 1 is 1.32 bits per heavy atom. The van der Waals surface area contributed by atoms with Gasteiger partial charge in [-0.15, -0.1) is 0 Å². The Morgan fingerprint density at radius 2 is 2.08 bits per heavy atom. The Balaban J connectivity index is 1.74. The van der Waals surface area contributed by atoms with E-state index in [4.69, 9.17) is 0 Å². The van der Waals surface area contributed by atoms with Crippen molar-refractivity contribution in [2.45, 2.75) is 38.3 Å². The van der Waals surface area contributed by atoms with E-state index in [1.54, 1.807) is 6.20 Å². The Bertz CT molecular complexity index is 771. The van der Waals surface area contributed by atoms with Crippen molar-refractivity contribution in [3.05, 3.63) is 42.1 Å². The maximum atomic E-state index is 12.3. The Morgan fingerprint density at radius 3 is 2.80 bits per heavy atom. The molecule has 0 spiro atoms. The SMILES string of the molecule is CC(=O)NCCC(=O)N[C@H](c1cnc2ccccc2c1)C1CC(O)C1. The Kier molecular flexibility index (Phi) is 5.28. The van der Waals surface area contributed by atoms with Gasteiger partial charge in [0, 0.05) is 31.5 Å². The van der Waals surface area contributed by atoms with Gasteiger partial charge in [0.15, 0.2) is 0 Å². The van der Waals surface area contributed by atoms with E-state index in [9.17, 15) is 14.7 Å². The molecule has 2 aromatic rings. The van der Waals surface area contributed by atoms with Gasteiger partial charge in [0.1, 0.15) is 0 Å². The van der Waals surface area contributed by atoms with Crippen molar-refractivity contribution in [1.82, 2.24) is 15.6 Å². The fourth-order valence-electron chi connectivity index (χ4n) is 3.23. The minimum absolute atomic E-state index is 0.117. The summed E-state index contributed by atoms with van der Waals surface area (Å²) in [5.41, 5.74) is 1.86. The van der Waals surface area contributed by atoms with Gasteiger partial charge in [0.2, 0.25) is 11.8 Å². The molecule has 1 aromatic carbocycles. The van der Waals surface area contributed by atoms with Gasteiger partial charge in [0.25, 0.3) is 0 Å². The zero-order valence-corrected chi connectivity index (χ0v) is 14.2. The van der Waals surface area contributed by atoms with E-state index in [1.165, 1.54) is 6.92 Å². The summed E-state index contributed by atoms with van der Waals surface area (Å²) in [6.45, 7) is 1.74. The normalized spacial score (nSPS) is 20.6. The van der Waals surface area contributed by atoms with Crippen molar-refractivity contribution in [1.29, 1.82) is 0 Å². The average Bonchev–Trinajstić information content (AvgIpc) is 2.56. The number of carbonyl (C=O) groups excluding carboxylic acids is 2. The minimum atomic E-state index is -0.294. The number of nitrogens with one attached hydrogen (secondary N) is 2. The molecule has 1 aliphatic carbocycles. The first kappa shape index (κ1) is 17.4. The smallest absolute Gasteiger partial charge is 0.222 e. The lowest BCUT2D eigenvalue weighted by atomic mass is 9.75. The second-order valence-corrected chi connectivity index (χ2v) is 6.62. The number of aliphatic hydroxyl groups excluding tert-OH is 1. The van der Waals surface area contributed by atoms with Crippen LogP contribution in [0.2, 0.25) is 0 Å². The second-order valence-electron chi connectivity index (χ2n) is 6.62. The fraction of sp³-hybridized carbons (Fsp3) is 0.421. The number of hydrogen-bond acceptors (Lipinski definition) is 4. The van der Waals surface area contributed by atoms with Crippen molar-refractivity contribution in [3.8, 4) is 0 Å². The number of para-hydroxylation sites is 1. The molecule has 6 heteroatoms. The monoisotopic (exact) mass is 341 g/mol. The van der Waals surface area contributed by atoms with Crippen molar-refractivity contribution < 1.29 is 14.7 Å². The molecule has 0 radical (unpaired) electrons. The van der Waals surface area contributed by atoms with E-state index in [-0.39, 0.29) is 36.3 Å². The van der Waals surface area contributed by atoms with Crippen LogP contribution in [-0.4, -0.2) is 34.6 Å². The molecule has 132 valence electrons. The molecular weight excluding hydrogens is 318 g/mol. The summed E-state index contributed by atoms with van der Waals surface area (Å²) < 4.78 is 0. The molecule has 6 nitrogen and oxygen atoms in total. The van der Waals surface area contributed by atoms with Gasteiger partial charge in [-0.2, -0.15) is 0 Å². The first-order valence-corrected chi connectivity index (χ1v) is 8.59. The Labute approximate surface area is 146 Å². The van der Waals surface area contributed by atoms with E-state index in [1.807, 2.05) is 30.3 Å². The van der Waals surface area contributed by atoms with Crippen LogP contribution < -0.4 is 10.6 Å². The topological polar surface area (TPSA) is 91.3 Å². The second kappa shape index (κ2) is 7.61. The lowest BCUT2D eigenvalue weighted by molar-refractivity contribution is -0.123. The molecule has 1 aromatic heterocycles. The van der Waals surface area contributed by atoms with Crippen LogP contribution in [-0.2, 0) is 9.59 Å². The lowest BCUT2D eigenvalue weighted by Crippen LogP contribution is -2.42. The standard InChI is InChI=1S/C19H23N3O3/c1-12(23)20-7-6-18(25)22-19(14-9-16(24)10-14)15-8-13-4-2-3-5-17(13)21-11-15/h2-5,8,11,14,16,19,24H,6-7,9-10H2,1H3,(H,20,23)(H,22,25)/t14?,16?,19-/m0/s1. The first-order valence-electron chi connectivity index (χ1n) is 8.59. The van der Waals surface area contributed by atoms with E-state index >= 15 is 0 Å². The lowest BCUT2D eigenvalue weighted by Gasteiger charge is -2.38. The first-order chi connectivity index (χ1) is 12.0. The van der Waals surface area contributed by atoms with E-state index in [0.717, 1.165) is 16.5 Å². The Hall–Kier alpha value is -2.47. The van der Waals surface area contributed by atoms with Crippen molar-refractivity contribution >= 4 is 22.7 Å². The molecule has 0 saturated heterocycles. The molecule has 1 aliphatic rings. The van der Waals surface area contributed by atoms with Gasteiger partial charge in [-0.3, -0.25) is 14.6 Å². The predicted octanol–water partition coefficient (Wildman–Crippen LogP) is 1.69. The molecule has 25 heavy (non-hydrogen) atoms. The zero-order valence-electron chi connectivity index (χ0n) is 14.2. The average molecular weight is 341 g/mol. The summed E-state index contributed by atoms with van der Waals surface area (Å²) in [7, 11) is 0. The summed E-state index contributed by atoms with van der Waals surface area (Å²) in [5.74, 6) is -0.0684. The number of benzene rings is 1. The maximum absolute atomic E-state index is 12.3. The van der Waals surface area contributed by atoms with Crippen molar-refractivity contribution in [3.63, 3.8) is 0 Å². The number of aromatic nitrogens is 1. The van der Waals surface area contributed by atoms with Crippen LogP contribution in [0.25, 0.3) is 10.9 Å². The molecule has 0 bridgehead atoms. The number of nitrogens with zero attached hydrogens (tertiary/aromatic N) is 1. The van der Waals surface area contributed by atoms with Crippen LogP contribution in [0, 0.1) is 5.92 Å². The van der Waals surface area contributed by atoms with Crippen LogP contribution in [0.5, 0.6) is 0 Å². The zero-order chi connectivity index (χ0) is 17.8. The molecule has 2 amide bonds. The quantitative estimate of drug-likeness (QED) is 0.746. The molecular formula is C19H23N3O3. The third-order valence-corrected chi connectivity index (χ3v) is 4.63. The molecule has 3 rings (SSSR count). The van der Waals surface area contributed by atoms with Crippen LogP contribution in [0.3, 0.4) is 0 Å². The highest BCUT2D eigenvalue weighted by Gasteiger charge is 2.35. The third-order valence-electron chi connectivity index (χ3n) is 4.63. The molecule has 1 atom stereocenters. The van der Waals surface area contributed by atoms with Crippen LogP contribution in [0.4, 0.5) is 0 Å². The van der Waals surface area contributed by atoms with Gasteiger partial charge >= 0.3 is 0 Å². The highest BCUT2D eigenvalue weighted by atomic mass is 16.3. The predicted molar refractivity (Wildman–Crippen MR) is 94.7 cm³/mol. The summed E-state index contributed by atoms with van der Waals surface area (Å²) in [6, 6.07) is 9.72. The fourth-order valence-corrected chi connectivity index (χ4v) is 3.23. The summed E-state index contributed by atoms with van der Waals surface area (Å²) in [5, 5.41) is 16.4. The van der Waals surface area contributed by atoms with Gasteiger partial charge in [-0.25, -0.2) is 0 Å². The van der Waals surface area contributed by atoms with Crippen molar-refractivity contribution in [2.75, 3.05) is 6.54 Å². The number of aliphatic hydroxyl groups is 1. The number of rotatable bonds is 6. The molecule has 0 aliphatic heterocycles. The molecule has 3 N–H and O–H groups in total. The van der Waals surface area contributed by atoms with E-state index in [2.05, 4.69) is 15.6 Å². The molecule has 0 unspecified atom stereocenters. The minimum Gasteiger partial charge on any atom is -0.393 e. The third kappa shape index (κ3) is 4.33. The highest BCUT2D eigenvalue weighted by Crippen LogP contribution is 2.38. The van der Waals surface area contributed by atoms with Crippen LogP contribution in [0.1, 0.15) is 37.8 Å². The number of hydrogen-bond donors (Lipinski definition) is 3. The number of pyridine rings is 1. The van der Waals surface area contributed by atoms with Gasteiger partial charge in [0.05, 0.1) is 17.7 Å². The summed E-state index contributed by atoms with van der Waals surface area (Å²) >= 11 is 0. The number of amides is 2. The van der Waals surface area contributed by atoms with E-state index in [0.29, 0.717) is 19.4 Å². The summed E-state index contributed by atoms with van der Waals surface area (Å²) in [6.07, 6.45) is 3.07. The number of carbonyl (C=O) groups is 2. The highest BCUT2D eigenvalue weighted by molar-refractivity contribution is 5.80. The number of fused-ring (bicyclic) bond motifs is 1. The molecule has 1 fully saturated rings. The summed E-state index contributed by atoms with van der Waals surface area (Å²) in [4.78, 5) is 27.7. The molecule has 1 saturated carbocycles. The van der Waals surface area contributed by atoms with Crippen LogP contribution in [0.15, 0.2) is 36.5 Å². The van der Waals surface area contributed by atoms with Crippen LogP contribution >= 0.6 is 0 Å². The van der Waals surface area contributed by atoms with Gasteiger partial charge in [-0.05, 0) is 36.5 Å². The largest absolute Gasteiger partial charge is 0.393 e. The van der Waals surface area contributed by atoms with Crippen molar-refractivity contribution in [2.24, 2.45) is 5.92 Å². The van der Waals surface area contributed by atoms with E-state index < -0.39 is 0 Å².